The molecule has 160 valence electrons. The maximum atomic E-state index is 14.1. The highest BCUT2D eigenvalue weighted by molar-refractivity contribution is 6.04. The van der Waals surface area contributed by atoms with Crippen molar-refractivity contribution in [2.24, 2.45) is 5.41 Å². The van der Waals surface area contributed by atoms with Crippen LogP contribution in [-0.2, 0) is 0 Å². The fourth-order valence-electron chi connectivity index (χ4n) is 5.19. The van der Waals surface area contributed by atoms with Gasteiger partial charge in [0.15, 0.2) is 11.2 Å². The molecule has 0 bridgehead atoms. The molecule has 2 aliphatic heterocycles. The van der Waals surface area contributed by atoms with E-state index in [4.69, 9.17) is 4.74 Å². The lowest BCUT2D eigenvalue weighted by Gasteiger charge is -2.35. The molecule has 0 spiro atoms. The molecule has 5 nitrogen and oxygen atoms in total. The van der Waals surface area contributed by atoms with Gasteiger partial charge in [-0.05, 0) is 41.5 Å². The second-order valence-corrected chi connectivity index (χ2v) is 8.29. The van der Waals surface area contributed by atoms with E-state index < -0.39 is 23.4 Å². The second-order valence-electron chi connectivity index (χ2n) is 8.29. The number of benzene rings is 3. The molecule has 3 aromatic carbocycles. The normalized spacial score (nSPS) is 21.9. The first-order valence-electron chi connectivity index (χ1n) is 10.8. The number of ketones is 1. The molecule has 0 N–H and O–H groups in total. The van der Waals surface area contributed by atoms with Crippen molar-refractivity contribution in [1.29, 1.82) is 10.5 Å². The third-order valence-corrected chi connectivity index (χ3v) is 6.72. The van der Waals surface area contributed by atoms with Crippen molar-refractivity contribution in [3.05, 3.63) is 102 Å². The summed E-state index contributed by atoms with van der Waals surface area (Å²) in [6, 6.07) is 27.6. The van der Waals surface area contributed by atoms with Gasteiger partial charge in [0.1, 0.15) is 11.8 Å². The summed E-state index contributed by atoms with van der Waals surface area (Å²) in [5.74, 6) is -0.108. The van der Waals surface area contributed by atoms with E-state index in [2.05, 4.69) is 12.1 Å². The number of rotatable bonds is 4. The highest BCUT2D eigenvalue weighted by atomic mass is 16.5. The number of nitrogens with zero attached hydrogens (tertiary/aromatic N) is 3. The number of carbonyl (C=O) groups excluding carboxylic acids is 1. The Kier molecular flexibility index (Phi) is 4.96. The first-order chi connectivity index (χ1) is 16.1. The number of methoxy groups -OCH3 is 1. The molecule has 3 unspecified atom stereocenters. The van der Waals surface area contributed by atoms with Crippen molar-refractivity contribution in [2.75, 3.05) is 12.0 Å². The molecule has 3 atom stereocenters. The number of Topliss-reactive ketones (excluding diaryl/α,β-unsaturated/α-hetero) is 1. The summed E-state index contributed by atoms with van der Waals surface area (Å²) >= 11 is 0. The third-order valence-electron chi connectivity index (χ3n) is 6.72. The van der Waals surface area contributed by atoms with Crippen LogP contribution in [0, 0.1) is 28.1 Å². The Balaban J connectivity index is 1.75. The number of fused-ring (bicyclic) bond motifs is 3. The van der Waals surface area contributed by atoms with Gasteiger partial charge in [0, 0.05) is 17.2 Å². The predicted molar refractivity (Wildman–Crippen MR) is 126 cm³/mol. The van der Waals surface area contributed by atoms with E-state index >= 15 is 0 Å². The quantitative estimate of drug-likeness (QED) is 0.545. The molecule has 33 heavy (non-hydrogen) atoms. The Morgan fingerprint density at radius 2 is 1.61 bits per heavy atom. The maximum absolute atomic E-state index is 14.1. The molecular formula is C28H21N3O2. The Hall–Kier alpha value is -4.35. The lowest BCUT2D eigenvalue weighted by molar-refractivity contribution is 0.0951. The number of ether oxygens (including phenoxy) is 1. The average Bonchev–Trinajstić information content (AvgIpc) is 3.20. The highest BCUT2D eigenvalue weighted by Gasteiger charge is 2.63. The summed E-state index contributed by atoms with van der Waals surface area (Å²) in [5.41, 5.74) is 1.69. The van der Waals surface area contributed by atoms with Crippen molar-refractivity contribution in [3.63, 3.8) is 0 Å². The van der Waals surface area contributed by atoms with Crippen molar-refractivity contribution in [1.82, 2.24) is 0 Å². The minimum absolute atomic E-state index is 0.131. The molecular weight excluding hydrogens is 410 g/mol. The minimum atomic E-state index is -1.43. The molecule has 0 radical (unpaired) electrons. The largest absolute Gasteiger partial charge is 0.497 e. The number of hydrogen-bond donors (Lipinski definition) is 0. The zero-order valence-electron chi connectivity index (χ0n) is 18.1. The van der Waals surface area contributed by atoms with Crippen molar-refractivity contribution >= 4 is 17.5 Å². The summed E-state index contributed by atoms with van der Waals surface area (Å²) in [6.07, 6.45) is 3.84. The van der Waals surface area contributed by atoms with Crippen LogP contribution >= 0.6 is 0 Å². The molecule has 2 heterocycles. The van der Waals surface area contributed by atoms with Gasteiger partial charge in [-0.2, -0.15) is 10.5 Å². The van der Waals surface area contributed by atoms with E-state index in [-0.39, 0.29) is 5.78 Å². The van der Waals surface area contributed by atoms with Crippen LogP contribution in [0.5, 0.6) is 5.75 Å². The van der Waals surface area contributed by atoms with Crippen molar-refractivity contribution in [2.45, 2.75) is 18.0 Å². The minimum Gasteiger partial charge on any atom is -0.497 e. The molecule has 5 heteroatoms. The Labute approximate surface area is 192 Å². The maximum Gasteiger partial charge on any atom is 0.185 e. The number of hydrogen-bond acceptors (Lipinski definition) is 5. The highest BCUT2D eigenvalue weighted by Crippen LogP contribution is 2.55. The summed E-state index contributed by atoms with van der Waals surface area (Å²) in [6.45, 7) is 0. The molecule has 0 aliphatic carbocycles. The van der Waals surface area contributed by atoms with Crippen LogP contribution in [0.3, 0.4) is 0 Å². The van der Waals surface area contributed by atoms with Crippen LogP contribution in [0.25, 0.3) is 6.08 Å². The topological polar surface area (TPSA) is 77.1 Å². The van der Waals surface area contributed by atoms with E-state index in [0.717, 1.165) is 16.8 Å². The van der Waals surface area contributed by atoms with Crippen LogP contribution in [0.2, 0.25) is 0 Å². The molecule has 1 fully saturated rings. The van der Waals surface area contributed by atoms with Crippen molar-refractivity contribution in [3.8, 4) is 17.9 Å². The fourth-order valence-corrected chi connectivity index (χ4v) is 5.19. The van der Waals surface area contributed by atoms with E-state index in [1.807, 2.05) is 71.6 Å². The van der Waals surface area contributed by atoms with Crippen LogP contribution < -0.4 is 9.64 Å². The van der Waals surface area contributed by atoms with Gasteiger partial charge >= 0.3 is 0 Å². The number of nitriles is 2. The monoisotopic (exact) mass is 431 g/mol. The standard InChI is InChI=1S/C28H21N3O2/c1-33-22-14-11-21(12-15-22)27(32)26-25(20-8-3-2-4-9-20)28(17-29,18-30)24-16-13-19-7-5-6-10-23(19)31(24)26/h2-16,24-26H,1H3. The molecule has 1 saturated heterocycles. The summed E-state index contributed by atoms with van der Waals surface area (Å²) < 4.78 is 5.25. The molecule has 0 aromatic heterocycles. The van der Waals surface area contributed by atoms with Crippen LogP contribution in [0.15, 0.2) is 84.9 Å². The smallest absolute Gasteiger partial charge is 0.185 e. The third kappa shape index (κ3) is 3.02. The lowest BCUT2D eigenvalue weighted by atomic mass is 9.69. The summed E-state index contributed by atoms with van der Waals surface area (Å²) in [7, 11) is 1.58. The van der Waals surface area contributed by atoms with E-state index in [1.165, 1.54) is 0 Å². The molecule has 2 aliphatic rings. The Morgan fingerprint density at radius 1 is 0.939 bits per heavy atom. The van der Waals surface area contributed by atoms with E-state index in [0.29, 0.717) is 11.3 Å². The van der Waals surface area contributed by atoms with Gasteiger partial charge in [-0.25, -0.2) is 0 Å². The zero-order valence-corrected chi connectivity index (χ0v) is 18.1. The van der Waals surface area contributed by atoms with E-state index in [9.17, 15) is 15.3 Å². The molecule has 5 rings (SSSR count). The van der Waals surface area contributed by atoms with Gasteiger partial charge in [-0.15, -0.1) is 0 Å². The predicted octanol–water partition coefficient (Wildman–Crippen LogP) is 4.98. The number of para-hydroxylation sites is 1. The van der Waals surface area contributed by atoms with Gasteiger partial charge in [0.25, 0.3) is 0 Å². The van der Waals surface area contributed by atoms with Crippen LogP contribution in [0.4, 0.5) is 5.69 Å². The first kappa shape index (κ1) is 20.5. The van der Waals surface area contributed by atoms with Crippen molar-refractivity contribution < 1.29 is 9.53 Å². The number of anilines is 1. The number of carbonyl (C=O) groups is 1. The van der Waals surface area contributed by atoms with Gasteiger partial charge < -0.3 is 9.64 Å². The fraction of sp³-hybridized carbons (Fsp3) is 0.179. The Bertz CT molecular complexity index is 1300. The average molecular weight is 431 g/mol. The summed E-state index contributed by atoms with van der Waals surface area (Å²) in [4.78, 5) is 16.1. The lowest BCUT2D eigenvalue weighted by Crippen LogP contribution is -2.44. The zero-order chi connectivity index (χ0) is 23.0. The molecule has 0 amide bonds. The van der Waals surface area contributed by atoms with Gasteiger partial charge in [0.05, 0.1) is 25.3 Å². The van der Waals surface area contributed by atoms with Gasteiger partial charge in [0.2, 0.25) is 0 Å². The Morgan fingerprint density at radius 3 is 2.27 bits per heavy atom. The second kappa shape index (κ2) is 7.97. The van der Waals surface area contributed by atoms with Crippen LogP contribution in [-0.4, -0.2) is 25.0 Å². The van der Waals surface area contributed by atoms with Gasteiger partial charge in [-0.1, -0.05) is 60.7 Å². The summed E-state index contributed by atoms with van der Waals surface area (Å²) in [5, 5.41) is 20.8. The molecule has 0 saturated carbocycles. The molecule has 3 aromatic rings. The van der Waals surface area contributed by atoms with E-state index in [1.54, 1.807) is 31.4 Å². The SMILES string of the molecule is COc1ccc(C(=O)C2C(c3ccccc3)C(C#N)(C#N)C3C=Cc4ccccc4N23)cc1. The first-order valence-corrected chi connectivity index (χ1v) is 10.8. The van der Waals surface area contributed by atoms with Gasteiger partial charge in [-0.3, -0.25) is 4.79 Å². The van der Waals surface area contributed by atoms with Crippen LogP contribution in [0.1, 0.15) is 27.4 Å².